The second-order valence-electron chi connectivity index (χ2n) is 7.90. The smallest absolute Gasteiger partial charge is 0.264 e. The number of amides is 1. The molecule has 0 saturated heterocycles. The highest BCUT2D eigenvalue weighted by Gasteiger charge is 2.33. The van der Waals surface area contributed by atoms with Crippen molar-refractivity contribution in [2.24, 2.45) is 11.7 Å². The standard InChI is InChI=1S/C23H24BrN3O5S/c24-17-7-8-19(18(12-17)23(29)30)26-22(28)15-5-6-16(13-25)21(11-15)33(31,32)27-10-9-14-3-1-2-4-20(14)27/h1-8,11,18,23,29-30H,9-10,12-13,25H2,(H,26,28). The average Bonchev–Trinajstić information content (AvgIpc) is 3.24. The summed E-state index contributed by atoms with van der Waals surface area (Å²) in [6.07, 6.45) is 2.55. The maximum atomic E-state index is 13.6. The molecule has 1 atom stereocenters. The molecule has 33 heavy (non-hydrogen) atoms. The zero-order chi connectivity index (χ0) is 23.8. The Labute approximate surface area is 200 Å². The van der Waals surface area contributed by atoms with Gasteiger partial charge in [-0.1, -0.05) is 46.3 Å². The van der Waals surface area contributed by atoms with Gasteiger partial charge in [0.15, 0.2) is 6.29 Å². The molecule has 2 aromatic carbocycles. The fourth-order valence-electron chi connectivity index (χ4n) is 4.08. The van der Waals surface area contributed by atoms with Crippen LogP contribution in [-0.2, 0) is 23.0 Å². The zero-order valence-electron chi connectivity index (χ0n) is 17.6. The van der Waals surface area contributed by atoms with Crippen molar-refractivity contribution < 1.29 is 23.4 Å². The number of fused-ring (bicyclic) bond motifs is 1. The van der Waals surface area contributed by atoms with Crippen LogP contribution < -0.4 is 15.4 Å². The van der Waals surface area contributed by atoms with Crippen LogP contribution in [0.4, 0.5) is 5.69 Å². The van der Waals surface area contributed by atoms with Gasteiger partial charge in [0.05, 0.1) is 16.5 Å². The van der Waals surface area contributed by atoms with Gasteiger partial charge in [-0.05, 0) is 52.7 Å². The molecular weight excluding hydrogens is 510 g/mol. The Bertz CT molecular complexity index is 1260. The first-order valence-corrected chi connectivity index (χ1v) is 12.6. The number of nitrogens with one attached hydrogen (secondary N) is 1. The van der Waals surface area contributed by atoms with Crippen LogP contribution >= 0.6 is 15.9 Å². The molecule has 0 spiro atoms. The predicted molar refractivity (Wildman–Crippen MR) is 128 cm³/mol. The fourth-order valence-corrected chi connectivity index (χ4v) is 6.32. The van der Waals surface area contributed by atoms with Gasteiger partial charge in [-0.3, -0.25) is 9.10 Å². The molecule has 5 N–H and O–H groups in total. The maximum absolute atomic E-state index is 13.6. The van der Waals surface area contributed by atoms with Crippen molar-refractivity contribution in [1.29, 1.82) is 0 Å². The molecule has 1 unspecified atom stereocenters. The number of para-hydroxylation sites is 1. The summed E-state index contributed by atoms with van der Waals surface area (Å²) in [7, 11) is -3.95. The minimum absolute atomic E-state index is 0.00526. The van der Waals surface area contributed by atoms with E-state index in [1.54, 1.807) is 24.3 Å². The number of halogens is 1. The summed E-state index contributed by atoms with van der Waals surface area (Å²) in [5.74, 6) is -1.28. The van der Waals surface area contributed by atoms with Gasteiger partial charge >= 0.3 is 0 Å². The highest BCUT2D eigenvalue weighted by molar-refractivity contribution is 9.11. The van der Waals surface area contributed by atoms with E-state index in [9.17, 15) is 23.4 Å². The molecule has 4 rings (SSSR count). The number of nitrogens with zero attached hydrogens (tertiary/aromatic N) is 1. The zero-order valence-corrected chi connectivity index (χ0v) is 20.0. The molecule has 174 valence electrons. The van der Waals surface area contributed by atoms with Gasteiger partial charge in [0.2, 0.25) is 0 Å². The minimum Gasteiger partial charge on any atom is -0.368 e. The third-order valence-corrected chi connectivity index (χ3v) is 8.32. The van der Waals surface area contributed by atoms with Crippen LogP contribution in [-0.4, -0.2) is 37.4 Å². The van der Waals surface area contributed by atoms with E-state index < -0.39 is 28.1 Å². The summed E-state index contributed by atoms with van der Waals surface area (Å²) in [6.45, 7) is 0.307. The summed E-state index contributed by atoms with van der Waals surface area (Å²) in [5, 5.41) is 22.1. The molecule has 1 heterocycles. The van der Waals surface area contributed by atoms with Crippen molar-refractivity contribution >= 4 is 37.5 Å². The Hall–Kier alpha value is -2.50. The van der Waals surface area contributed by atoms with Crippen LogP contribution in [0.2, 0.25) is 0 Å². The number of anilines is 1. The molecule has 10 heteroatoms. The van der Waals surface area contributed by atoms with Crippen LogP contribution in [0.25, 0.3) is 0 Å². The Morgan fingerprint density at radius 2 is 1.97 bits per heavy atom. The van der Waals surface area contributed by atoms with Gasteiger partial charge in [-0.2, -0.15) is 0 Å². The molecule has 0 fully saturated rings. The number of aliphatic hydroxyl groups is 2. The first-order chi connectivity index (χ1) is 15.7. The molecule has 1 aliphatic heterocycles. The summed E-state index contributed by atoms with van der Waals surface area (Å²) in [4.78, 5) is 13.0. The first kappa shape index (κ1) is 23.7. The number of benzene rings is 2. The van der Waals surface area contributed by atoms with Crippen LogP contribution in [0.15, 0.2) is 69.7 Å². The highest BCUT2D eigenvalue weighted by Crippen LogP contribution is 2.34. The second kappa shape index (κ2) is 9.40. The van der Waals surface area contributed by atoms with Crippen molar-refractivity contribution in [2.75, 3.05) is 10.8 Å². The summed E-state index contributed by atoms with van der Waals surface area (Å²) < 4.78 is 29.3. The summed E-state index contributed by atoms with van der Waals surface area (Å²) in [5.41, 5.74) is 8.25. The van der Waals surface area contributed by atoms with Crippen LogP contribution in [0, 0.1) is 5.92 Å². The van der Waals surface area contributed by atoms with Crippen molar-refractivity contribution in [3.8, 4) is 0 Å². The van der Waals surface area contributed by atoms with Crippen LogP contribution in [0.3, 0.4) is 0 Å². The molecular formula is C23H24BrN3O5S. The topological polar surface area (TPSA) is 133 Å². The van der Waals surface area contributed by atoms with Crippen molar-refractivity contribution in [3.05, 3.63) is 81.5 Å². The monoisotopic (exact) mass is 533 g/mol. The SMILES string of the molecule is NCc1ccc(C(=O)NC2=CC=C(Br)CC2C(O)O)cc1S(=O)(=O)N1CCc2ccccc21. The molecule has 0 aromatic heterocycles. The fraction of sp³-hybridized carbons (Fsp3) is 0.261. The molecule has 0 radical (unpaired) electrons. The maximum Gasteiger partial charge on any atom is 0.264 e. The number of nitrogens with two attached hydrogens (primary N) is 1. The number of aliphatic hydroxyl groups excluding tert-OH is 1. The number of carbonyl (C=O) groups is 1. The highest BCUT2D eigenvalue weighted by atomic mass is 79.9. The number of carbonyl (C=O) groups excluding carboxylic acids is 1. The number of hydrogen-bond acceptors (Lipinski definition) is 6. The van der Waals surface area contributed by atoms with E-state index in [2.05, 4.69) is 21.2 Å². The van der Waals surface area contributed by atoms with Gasteiger partial charge < -0.3 is 21.3 Å². The van der Waals surface area contributed by atoms with E-state index in [4.69, 9.17) is 5.73 Å². The molecule has 1 aliphatic carbocycles. The lowest BCUT2D eigenvalue weighted by Crippen LogP contribution is -2.34. The van der Waals surface area contributed by atoms with E-state index in [-0.39, 0.29) is 17.0 Å². The van der Waals surface area contributed by atoms with E-state index in [1.807, 2.05) is 12.1 Å². The molecule has 8 nitrogen and oxygen atoms in total. The van der Waals surface area contributed by atoms with E-state index >= 15 is 0 Å². The van der Waals surface area contributed by atoms with Gasteiger partial charge in [0, 0.05) is 24.4 Å². The normalized spacial score (nSPS) is 18.1. The van der Waals surface area contributed by atoms with Gasteiger partial charge in [0.25, 0.3) is 15.9 Å². The third kappa shape index (κ3) is 4.62. The number of hydrogen-bond donors (Lipinski definition) is 4. The number of sulfonamides is 1. The lowest BCUT2D eigenvalue weighted by Gasteiger charge is -2.25. The quantitative estimate of drug-likeness (QED) is 0.420. The predicted octanol–water partition coefficient (Wildman–Crippen LogP) is 2.12. The van der Waals surface area contributed by atoms with Gasteiger partial charge in [-0.15, -0.1) is 0 Å². The Kier molecular flexibility index (Phi) is 6.73. The number of rotatable bonds is 6. The Balaban J connectivity index is 1.67. The van der Waals surface area contributed by atoms with Gasteiger partial charge in [-0.25, -0.2) is 8.42 Å². The van der Waals surface area contributed by atoms with E-state index in [0.29, 0.717) is 36.3 Å². The van der Waals surface area contributed by atoms with Crippen LogP contribution in [0.5, 0.6) is 0 Å². The molecule has 2 aliphatic rings. The van der Waals surface area contributed by atoms with Crippen LogP contribution in [0.1, 0.15) is 27.9 Å². The van der Waals surface area contributed by atoms with Crippen molar-refractivity contribution in [2.45, 2.75) is 30.6 Å². The Morgan fingerprint density at radius 1 is 1.21 bits per heavy atom. The minimum atomic E-state index is -3.95. The lowest BCUT2D eigenvalue weighted by atomic mass is 9.95. The molecule has 1 amide bonds. The molecule has 0 bridgehead atoms. The first-order valence-electron chi connectivity index (χ1n) is 10.4. The average molecular weight is 534 g/mol. The summed E-state index contributed by atoms with van der Waals surface area (Å²) in [6, 6.07) is 11.7. The van der Waals surface area contributed by atoms with Gasteiger partial charge in [0.1, 0.15) is 0 Å². The third-order valence-electron chi connectivity index (χ3n) is 5.84. The lowest BCUT2D eigenvalue weighted by molar-refractivity contribution is -0.0737. The largest absolute Gasteiger partial charge is 0.368 e. The van der Waals surface area contributed by atoms with E-state index in [1.165, 1.54) is 22.5 Å². The van der Waals surface area contributed by atoms with Crippen molar-refractivity contribution in [3.63, 3.8) is 0 Å². The van der Waals surface area contributed by atoms with Crippen molar-refractivity contribution in [1.82, 2.24) is 5.32 Å². The molecule has 2 aromatic rings. The van der Waals surface area contributed by atoms with E-state index in [0.717, 1.165) is 10.0 Å². The molecule has 0 saturated carbocycles. The second-order valence-corrected chi connectivity index (χ2v) is 10.7. The Morgan fingerprint density at radius 3 is 2.70 bits per heavy atom. The number of allylic oxidation sites excluding steroid dienone is 3. The summed E-state index contributed by atoms with van der Waals surface area (Å²) >= 11 is 3.33.